The van der Waals surface area contributed by atoms with E-state index in [1.54, 1.807) is 0 Å². The molecule has 2 aromatic rings. The van der Waals surface area contributed by atoms with Gasteiger partial charge in [-0.25, -0.2) is 0 Å². The molecule has 0 spiro atoms. The second kappa shape index (κ2) is 3.70. The number of halogens is 1. The summed E-state index contributed by atoms with van der Waals surface area (Å²) < 4.78 is 1.99. The van der Waals surface area contributed by atoms with Crippen LogP contribution in [0.4, 0.5) is 0 Å². The first-order valence-electron chi connectivity index (χ1n) is 3.97. The summed E-state index contributed by atoms with van der Waals surface area (Å²) in [5, 5.41) is 20.6. The molecular formula is C10H6BrNOS. The van der Waals surface area contributed by atoms with Gasteiger partial charge >= 0.3 is 0 Å². The zero-order valence-corrected chi connectivity index (χ0v) is 9.52. The lowest BCUT2D eigenvalue weighted by atomic mass is 10.1. The normalized spacial score (nSPS) is 10.4. The third-order valence-electron chi connectivity index (χ3n) is 1.99. The highest BCUT2D eigenvalue weighted by Gasteiger charge is 2.07. The first kappa shape index (κ1) is 9.66. The molecule has 2 rings (SSSR count). The van der Waals surface area contributed by atoms with E-state index in [0.717, 1.165) is 20.1 Å². The van der Waals surface area contributed by atoms with E-state index in [9.17, 15) is 0 Å². The van der Waals surface area contributed by atoms with Crippen molar-refractivity contribution in [1.82, 2.24) is 0 Å². The van der Waals surface area contributed by atoms with E-state index in [4.69, 9.17) is 10.4 Å². The van der Waals surface area contributed by atoms with Crippen molar-refractivity contribution in [3.05, 3.63) is 33.1 Å². The van der Waals surface area contributed by atoms with E-state index in [0.29, 0.717) is 5.56 Å². The van der Waals surface area contributed by atoms with Crippen molar-refractivity contribution in [2.24, 2.45) is 0 Å². The Bertz CT molecular complexity index is 527. The molecule has 1 N–H and O–H groups in total. The predicted molar refractivity (Wildman–Crippen MR) is 60.2 cm³/mol. The van der Waals surface area contributed by atoms with E-state index in [2.05, 4.69) is 22.0 Å². The molecule has 0 bridgehead atoms. The van der Waals surface area contributed by atoms with Gasteiger partial charge in [0.15, 0.2) is 0 Å². The van der Waals surface area contributed by atoms with E-state index >= 15 is 0 Å². The number of aliphatic hydroxyl groups excluding tert-OH is 1. The van der Waals surface area contributed by atoms with Crippen LogP contribution in [0.1, 0.15) is 11.1 Å². The number of benzene rings is 1. The van der Waals surface area contributed by atoms with Gasteiger partial charge in [-0.3, -0.25) is 0 Å². The summed E-state index contributed by atoms with van der Waals surface area (Å²) in [6.07, 6.45) is 0. The fourth-order valence-electron chi connectivity index (χ4n) is 1.33. The van der Waals surface area contributed by atoms with Gasteiger partial charge in [-0.05, 0) is 33.6 Å². The average molecular weight is 268 g/mol. The van der Waals surface area contributed by atoms with Crippen molar-refractivity contribution in [1.29, 1.82) is 5.26 Å². The zero-order chi connectivity index (χ0) is 10.1. The van der Waals surface area contributed by atoms with Gasteiger partial charge in [0.1, 0.15) is 6.07 Å². The van der Waals surface area contributed by atoms with Gasteiger partial charge in [0.2, 0.25) is 0 Å². The summed E-state index contributed by atoms with van der Waals surface area (Å²) in [6.45, 7) is -0.00471. The molecule has 0 saturated carbocycles. The van der Waals surface area contributed by atoms with Gasteiger partial charge in [-0.15, -0.1) is 11.3 Å². The monoisotopic (exact) mass is 267 g/mol. The van der Waals surface area contributed by atoms with Gasteiger partial charge in [-0.1, -0.05) is 0 Å². The quantitative estimate of drug-likeness (QED) is 0.863. The van der Waals surface area contributed by atoms with Crippen LogP contribution in [-0.4, -0.2) is 5.11 Å². The molecule has 1 aromatic heterocycles. The molecule has 0 aliphatic carbocycles. The highest BCUT2D eigenvalue weighted by Crippen LogP contribution is 2.33. The van der Waals surface area contributed by atoms with Gasteiger partial charge in [0.25, 0.3) is 0 Å². The van der Waals surface area contributed by atoms with Crippen LogP contribution >= 0.6 is 27.3 Å². The van der Waals surface area contributed by atoms with E-state index in [1.165, 1.54) is 11.3 Å². The van der Waals surface area contributed by atoms with Gasteiger partial charge in [0, 0.05) is 19.9 Å². The molecule has 0 amide bonds. The number of aliphatic hydroxyl groups is 1. The lowest BCUT2D eigenvalue weighted by Gasteiger charge is -1.99. The second-order valence-electron chi connectivity index (χ2n) is 2.87. The minimum absolute atomic E-state index is 0.00471. The number of hydrogen-bond donors (Lipinski definition) is 1. The molecule has 70 valence electrons. The Labute approximate surface area is 93.5 Å². The zero-order valence-electron chi connectivity index (χ0n) is 7.12. The molecule has 0 atom stereocenters. The minimum Gasteiger partial charge on any atom is -0.392 e. The second-order valence-corrected chi connectivity index (χ2v) is 4.61. The summed E-state index contributed by atoms with van der Waals surface area (Å²) >= 11 is 4.95. The van der Waals surface area contributed by atoms with Gasteiger partial charge in [-0.2, -0.15) is 5.26 Å². The lowest BCUT2D eigenvalue weighted by molar-refractivity contribution is 0.282. The van der Waals surface area contributed by atoms with Crippen LogP contribution in [0.25, 0.3) is 10.1 Å². The third kappa shape index (κ3) is 1.44. The standard InChI is InChI=1S/C10H6BrNOS/c11-9-2-6(4-13)1-8-7(3-12)5-14-10(8)9/h1-2,5,13H,4H2. The summed E-state index contributed by atoms with van der Waals surface area (Å²) in [5.41, 5.74) is 1.49. The number of fused-ring (bicyclic) bond motifs is 1. The Balaban J connectivity index is 2.82. The molecule has 0 unspecified atom stereocenters. The Kier molecular flexibility index (Phi) is 2.55. The fourth-order valence-corrected chi connectivity index (χ4v) is 3.00. The summed E-state index contributed by atoms with van der Waals surface area (Å²) in [7, 11) is 0. The van der Waals surface area contributed by atoms with Crippen LogP contribution in [0.15, 0.2) is 22.0 Å². The average Bonchev–Trinajstić information content (AvgIpc) is 2.61. The summed E-state index contributed by atoms with van der Waals surface area (Å²) in [4.78, 5) is 0. The fraction of sp³-hybridized carbons (Fsp3) is 0.100. The molecule has 1 heterocycles. The number of hydrogen-bond acceptors (Lipinski definition) is 3. The van der Waals surface area contributed by atoms with Crippen LogP contribution < -0.4 is 0 Å². The van der Waals surface area contributed by atoms with Crippen molar-refractivity contribution in [3.8, 4) is 6.07 Å². The van der Waals surface area contributed by atoms with Gasteiger partial charge < -0.3 is 5.11 Å². The Morgan fingerprint density at radius 1 is 1.50 bits per heavy atom. The molecule has 0 aliphatic rings. The number of nitriles is 1. The largest absolute Gasteiger partial charge is 0.392 e. The molecular weight excluding hydrogens is 262 g/mol. The maximum absolute atomic E-state index is 9.02. The summed E-state index contributed by atoms with van der Waals surface area (Å²) in [5.74, 6) is 0. The SMILES string of the molecule is N#Cc1csc2c(Br)cc(CO)cc12. The van der Waals surface area contributed by atoms with Crippen molar-refractivity contribution in [2.75, 3.05) is 0 Å². The maximum Gasteiger partial charge on any atom is 0.101 e. The maximum atomic E-state index is 9.02. The van der Waals surface area contributed by atoms with Crippen LogP contribution in [0.3, 0.4) is 0 Å². The minimum atomic E-state index is -0.00471. The van der Waals surface area contributed by atoms with Crippen molar-refractivity contribution >= 4 is 37.4 Å². The molecule has 1 aromatic carbocycles. The van der Waals surface area contributed by atoms with Crippen LogP contribution in [-0.2, 0) is 6.61 Å². The van der Waals surface area contributed by atoms with Crippen molar-refractivity contribution < 1.29 is 5.11 Å². The smallest absolute Gasteiger partial charge is 0.101 e. The molecule has 2 nitrogen and oxygen atoms in total. The molecule has 0 fully saturated rings. The Morgan fingerprint density at radius 2 is 2.29 bits per heavy atom. The van der Waals surface area contributed by atoms with Crippen molar-refractivity contribution in [2.45, 2.75) is 6.61 Å². The number of thiophene rings is 1. The Morgan fingerprint density at radius 3 is 2.93 bits per heavy atom. The van der Waals surface area contributed by atoms with E-state index in [-0.39, 0.29) is 6.61 Å². The number of nitrogens with zero attached hydrogens (tertiary/aromatic N) is 1. The van der Waals surface area contributed by atoms with Crippen LogP contribution in [0, 0.1) is 11.3 Å². The van der Waals surface area contributed by atoms with E-state index in [1.807, 2.05) is 17.5 Å². The molecule has 14 heavy (non-hydrogen) atoms. The highest BCUT2D eigenvalue weighted by molar-refractivity contribution is 9.10. The first-order chi connectivity index (χ1) is 6.76. The molecule has 0 saturated heterocycles. The topological polar surface area (TPSA) is 44.0 Å². The lowest BCUT2D eigenvalue weighted by Crippen LogP contribution is -1.83. The third-order valence-corrected chi connectivity index (χ3v) is 3.91. The van der Waals surface area contributed by atoms with Crippen LogP contribution in [0.2, 0.25) is 0 Å². The van der Waals surface area contributed by atoms with Crippen LogP contribution in [0.5, 0.6) is 0 Å². The molecule has 0 aliphatic heterocycles. The molecule has 4 heteroatoms. The number of rotatable bonds is 1. The molecule has 0 radical (unpaired) electrons. The first-order valence-corrected chi connectivity index (χ1v) is 5.64. The summed E-state index contributed by atoms with van der Waals surface area (Å²) in [6, 6.07) is 5.87. The van der Waals surface area contributed by atoms with Gasteiger partial charge in [0.05, 0.1) is 12.2 Å². The highest BCUT2D eigenvalue weighted by atomic mass is 79.9. The Hall–Kier alpha value is -0.890. The van der Waals surface area contributed by atoms with E-state index < -0.39 is 0 Å². The predicted octanol–water partition coefficient (Wildman–Crippen LogP) is 3.03. The van der Waals surface area contributed by atoms with Crippen molar-refractivity contribution in [3.63, 3.8) is 0 Å².